The van der Waals surface area contributed by atoms with Crippen LogP contribution in [0.5, 0.6) is 0 Å². The van der Waals surface area contributed by atoms with Gasteiger partial charge in [0.05, 0.1) is 0 Å². The van der Waals surface area contributed by atoms with E-state index >= 15 is 0 Å². The van der Waals surface area contributed by atoms with Gasteiger partial charge in [0.15, 0.2) is 5.16 Å². The molecule has 0 aromatic carbocycles. The Hall–Kier alpha value is -0.610. The second-order valence-electron chi connectivity index (χ2n) is 3.34. The van der Waals surface area contributed by atoms with Gasteiger partial charge in [-0.15, -0.1) is 0 Å². The van der Waals surface area contributed by atoms with Crippen molar-refractivity contribution in [2.24, 2.45) is 0 Å². The Bertz CT molecular complexity index is 259. The molecule has 3 nitrogen and oxygen atoms in total. The fourth-order valence-electron chi connectivity index (χ4n) is 0.960. The number of nitrogens with one attached hydrogen (secondary N) is 1. The van der Waals surface area contributed by atoms with Gasteiger partial charge in [-0.2, -0.15) is 0 Å². The highest BCUT2D eigenvalue weighted by molar-refractivity contribution is 7.99. The van der Waals surface area contributed by atoms with Gasteiger partial charge in [-0.1, -0.05) is 32.5 Å². The number of hydrogen-bond donors (Lipinski definition) is 1. The molecule has 0 fully saturated rings. The van der Waals surface area contributed by atoms with Gasteiger partial charge in [-0.05, 0) is 5.75 Å². The largest absolute Gasteiger partial charge is 0.310 e. The van der Waals surface area contributed by atoms with Crippen molar-refractivity contribution in [1.82, 2.24) is 15.3 Å². The van der Waals surface area contributed by atoms with Gasteiger partial charge in [-0.3, -0.25) is 0 Å². The summed E-state index contributed by atoms with van der Waals surface area (Å²) in [7, 11) is 0. The van der Waals surface area contributed by atoms with E-state index in [1.54, 1.807) is 11.8 Å². The number of rotatable bonds is 5. The molecule has 1 aromatic rings. The Labute approximate surface area is 89.7 Å². The lowest BCUT2D eigenvalue weighted by Crippen LogP contribution is -2.21. The summed E-state index contributed by atoms with van der Waals surface area (Å²) < 4.78 is 0. The molecule has 1 N–H and O–H groups in total. The summed E-state index contributed by atoms with van der Waals surface area (Å²) in [5, 5.41) is 4.19. The molecule has 0 aliphatic rings. The van der Waals surface area contributed by atoms with E-state index in [1.807, 2.05) is 12.4 Å². The maximum Gasteiger partial charge on any atom is 0.187 e. The molecule has 0 spiro atoms. The third-order valence-electron chi connectivity index (χ3n) is 1.67. The first-order chi connectivity index (χ1) is 6.72. The zero-order valence-electron chi connectivity index (χ0n) is 8.95. The van der Waals surface area contributed by atoms with Crippen molar-refractivity contribution in [3.05, 3.63) is 18.0 Å². The number of hydrogen-bond acceptors (Lipinski definition) is 4. The van der Waals surface area contributed by atoms with Crippen LogP contribution in [0.15, 0.2) is 17.6 Å². The summed E-state index contributed by atoms with van der Waals surface area (Å²) in [4.78, 5) is 8.52. The molecule has 14 heavy (non-hydrogen) atoms. The molecule has 0 saturated heterocycles. The van der Waals surface area contributed by atoms with E-state index in [0.29, 0.717) is 6.04 Å². The third kappa shape index (κ3) is 4.07. The molecule has 4 heteroatoms. The van der Waals surface area contributed by atoms with Crippen LogP contribution in [0.2, 0.25) is 0 Å². The van der Waals surface area contributed by atoms with Gasteiger partial charge in [-0.25, -0.2) is 9.97 Å². The number of thioether (sulfide) groups is 1. The summed E-state index contributed by atoms with van der Waals surface area (Å²) in [6.07, 6.45) is 3.78. The molecule has 0 aliphatic carbocycles. The molecular weight excluding hydrogens is 194 g/mol. The highest BCUT2D eigenvalue weighted by Crippen LogP contribution is 2.10. The maximum absolute atomic E-state index is 4.26. The van der Waals surface area contributed by atoms with E-state index in [2.05, 4.69) is 36.1 Å². The van der Waals surface area contributed by atoms with Crippen molar-refractivity contribution in [2.75, 3.05) is 5.75 Å². The fourth-order valence-corrected chi connectivity index (χ4v) is 1.47. The van der Waals surface area contributed by atoms with Crippen molar-refractivity contribution < 1.29 is 0 Å². The summed E-state index contributed by atoms with van der Waals surface area (Å²) in [5.41, 5.74) is 1.14. The minimum atomic E-state index is 0.500. The van der Waals surface area contributed by atoms with Crippen LogP contribution in [0.1, 0.15) is 26.3 Å². The van der Waals surface area contributed by atoms with E-state index in [0.717, 1.165) is 23.0 Å². The quantitative estimate of drug-likeness (QED) is 0.598. The lowest BCUT2D eigenvalue weighted by molar-refractivity contribution is 0.585. The van der Waals surface area contributed by atoms with Crippen LogP contribution in [0.4, 0.5) is 0 Å². The maximum atomic E-state index is 4.26. The molecule has 0 atom stereocenters. The molecule has 1 aromatic heterocycles. The van der Waals surface area contributed by atoms with Gasteiger partial charge < -0.3 is 5.32 Å². The zero-order chi connectivity index (χ0) is 10.4. The Morgan fingerprint density at radius 2 is 2.00 bits per heavy atom. The van der Waals surface area contributed by atoms with Crippen molar-refractivity contribution in [3.8, 4) is 0 Å². The number of aromatic nitrogens is 2. The Kier molecular flexibility index (Phi) is 4.90. The van der Waals surface area contributed by atoms with Crippen LogP contribution in [-0.2, 0) is 6.54 Å². The van der Waals surface area contributed by atoms with Gasteiger partial charge in [0.1, 0.15) is 0 Å². The van der Waals surface area contributed by atoms with Gasteiger partial charge in [0, 0.05) is 30.5 Å². The molecule has 0 bridgehead atoms. The molecule has 1 rings (SSSR count). The Morgan fingerprint density at radius 1 is 1.36 bits per heavy atom. The predicted molar refractivity (Wildman–Crippen MR) is 60.4 cm³/mol. The first kappa shape index (κ1) is 11.5. The minimum absolute atomic E-state index is 0.500. The molecule has 1 heterocycles. The van der Waals surface area contributed by atoms with Crippen LogP contribution in [0, 0.1) is 0 Å². The first-order valence-electron chi connectivity index (χ1n) is 4.89. The van der Waals surface area contributed by atoms with Gasteiger partial charge in [0.2, 0.25) is 0 Å². The summed E-state index contributed by atoms with van der Waals surface area (Å²) in [5.74, 6) is 1.02. The highest BCUT2D eigenvalue weighted by Gasteiger charge is 1.98. The van der Waals surface area contributed by atoms with Crippen LogP contribution in [-0.4, -0.2) is 21.8 Å². The normalized spacial score (nSPS) is 10.9. The second kappa shape index (κ2) is 5.98. The van der Waals surface area contributed by atoms with Crippen molar-refractivity contribution in [3.63, 3.8) is 0 Å². The van der Waals surface area contributed by atoms with Crippen LogP contribution in [0.25, 0.3) is 0 Å². The zero-order valence-corrected chi connectivity index (χ0v) is 9.77. The molecule has 0 amide bonds. The average Bonchev–Trinajstić information content (AvgIpc) is 2.17. The van der Waals surface area contributed by atoms with Gasteiger partial charge >= 0.3 is 0 Å². The van der Waals surface area contributed by atoms with Crippen LogP contribution >= 0.6 is 11.8 Å². The van der Waals surface area contributed by atoms with E-state index < -0.39 is 0 Å². The highest BCUT2D eigenvalue weighted by atomic mass is 32.2. The van der Waals surface area contributed by atoms with E-state index in [1.165, 1.54) is 0 Å². The van der Waals surface area contributed by atoms with E-state index in [4.69, 9.17) is 0 Å². The third-order valence-corrected chi connectivity index (χ3v) is 2.43. The standard InChI is InChI=1S/C10H17N3S/c1-4-14-10-12-6-9(7-13-10)5-11-8(2)3/h6-8,11H,4-5H2,1-3H3. The van der Waals surface area contributed by atoms with Gasteiger partial charge in [0.25, 0.3) is 0 Å². The molecule has 0 radical (unpaired) electrons. The SMILES string of the molecule is CCSc1ncc(CNC(C)C)cn1. The first-order valence-corrected chi connectivity index (χ1v) is 5.88. The average molecular weight is 211 g/mol. The monoisotopic (exact) mass is 211 g/mol. The van der Waals surface area contributed by atoms with E-state index in [9.17, 15) is 0 Å². The van der Waals surface area contributed by atoms with Crippen molar-refractivity contribution in [2.45, 2.75) is 38.5 Å². The molecule has 0 aliphatic heterocycles. The van der Waals surface area contributed by atoms with Crippen molar-refractivity contribution in [1.29, 1.82) is 0 Å². The number of nitrogens with zero attached hydrogens (tertiary/aromatic N) is 2. The predicted octanol–water partition coefficient (Wildman–Crippen LogP) is 2.09. The summed E-state index contributed by atoms with van der Waals surface area (Å²) in [6, 6.07) is 0.500. The smallest absolute Gasteiger partial charge is 0.187 e. The molecular formula is C10H17N3S. The summed E-state index contributed by atoms with van der Waals surface area (Å²) in [6.45, 7) is 7.20. The molecule has 0 saturated carbocycles. The van der Waals surface area contributed by atoms with Crippen LogP contribution in [0.3, 0.4) is 0 Å². The minimum Gasteiger partial charge on any atom is -0.310 e. The lowest BCUT2D eigenvalue weighted by atomic mass is 10.3. The van der Waals surface area contributed by atoms with Crippen LogP contribution < -0.4 is 5.32 Å². The topological polar surface area (TPSA) is 37.8 Å². The second-order valence-corrected chi connectivity index (χ2v) is 4.57. The fraction of sp³-hybridized carbons (Fsp3) is 0.600. The van der Waals surface area contributed by atoms with E-state index in [-0.39, 0.29) is 0 Å². The molecule has 78 valence electrons. The van der Waals surface area contributed by atoms with Crippen molar-refractivity contribution >= 4 is 11.8 Å². The summed E-state index contributed by atoms with van der Waals surface area (Å²) >= 11 is 1.67. The molecule has 0 unspecified atom stereocenters. The Balaban J connectivity index is 2.46. The Morgan fingerprint density at radius 3 is 2.50 bits per heavy atom. The lowest BCUT2D eigenvalue weighted by Gasteiger charge is -2.07.